The van der Waals surface area contributed by atoms with Gasteiger partial charge >= 0.3 is 0 Å². The predicted molar refractivity (Wildman–Crippen MR) is 38.6 cm³/mol. The summed E-state index contributed by atoms with van der Waals surface area (Å²) in [4.78, 5) is 0. The van der Waals surface area contributed by atoms with E-state index in [0.29, 0.717) is 11.5 Å². The lowest BCUT2D eigenvalue weighted by molar-refractivity contribution is 0.205. The standard InChI is InChI=1S/C6H11NO2S/c8-10(9)2-1-6(5-10)3-7-4-6/h7H,1-5H2. The lowest BCUT2D eigenvalue weighted by Crippen LogP contribution is -2.54. The fourth-order valence-corrected chi connectivity index (χ4v) is 3.91. The maximum Gasteiger partial charge on any atom is 0.150 e. The first-order valence-electron chi connectivity index (χ1n) is 3.53. The third-order valence-electron chi connectivity index (χ3n) is 2.47. The topological polar surface area (TPSA) is 46.2 Å². The van der Waals surface area contributed by atoms with Gasteiger partial charge in [0.15, 0.2) is 9.84 Å². The summed E-state index contributed by atoms with van der Waals surface area (Å²) in [6, 6.07) is 0. The monoisotopic (exact) mass is 161 g/mol. The number of hydrogen-bond donors (Lipinski definition) is 1. The van der Waals surface area contributed by atoms with Crippen LogP contribution < -0.4 is 5.32 Å². The van der Waals surface area contributed by atoms with Crippen LogP contribution in [-0.4, -0.2) is 33.0 Å². The van der Waals surface area contributed by atoms with E-state index in [2.05, 4.69) is 5.32 Å². The molecule has 0 aromatic heterocycles. The van der Waals surface area contributed by atoms with E-state index in [1.807, 2.05) is 0 Å². The molecule has 2 saturated heterocycles. The maximum atomic E-state index is 11.0. The molecule has 3 nitrogen and oxygen atoms in total. The zero-order valence-electron chi connectivity index (χ0n) is 5.76. The summed E-state index contributed by atoms with van der Waals surface area (Å²) in [6.45, 7) is 1.82. The van der Waals surface area contributed by atoms with E-state index in [1.54, 1.807) is 0 Å². The molecule has 0 atom stereocenters. The van der Waals surface area contributed by atoms with Crippen molar-refractivity contribution in [2.75, 3.05) is 24.6 Å². The van der Waals surface area contributed by atoms with Crippen molar-refractivity contribution < 1.29 is 8.42 Å². The van der Waals surface area contributed by atoms with E-state index in [9.17, 15) is 8.42 Å². The first-order valence-corrected chi connectivity index (χ1v) is 5.35. The Bertz CT molecular complexity index is 240. The molecular weight excluding hydrogens is 150 g/mol. The summed E-state index contributed by atoms with van der Waals surface area (Å²) < 4.78 is 22.0. The van der Waals surface area contributed by atoms with Crippen molar-refractivity contribution in [3.8, 4) is 0 Å². The molecule has 2 rings (SSSR count). The summed E-state index contributed by atoms with van der Waals surface area (Å²) in [7, 11) is -2.65. The molecule has 1 N–H and O–H groups in total. The first kappa shape index (κ1) is 6.61. The number of nitrogens with one attached hydrogen (secondary N) is 1. The molecule has 10 heavy (non-hydrogen) atoms. The summed E-state index contributed by atoms with van der Waals surface area (Å²) >= 11 is 0. The zero-order valence-corrected chi connectivity index (χ0v) is 6.58. The highest BCUT2D eigenvalue weighted by Crippen LogP contribution is 2.35. The van der Waals surface area contributed by atoms with Crippen molar-refractivity contribution in [1.29, 1.82) is 0 Å². The lowest BCUT2D eigenvalue weighted by atomic mass is 9.82. The van der Waals surface area contributed by atoms with Crippen molar-refractivity contribution in [1.82, 2.24) is 5.32 Å². The van der Waals surface area contributed by atoms with Gasteiger partial charge in [0.1, 0.15) is 0 Å². The highest BCUT2D eigenvalue weighted by atomic mass is 32.2. The van der Waals surface area contributed by atoms with E-state index in [-0.39, 0.29) is 5.41 Å². The number of sulfone groups is 1. The Balaban J connectivity index is 2.19. The summed E-state index contributed by atoms with van der Waals surface area (Å²) in [5.74, 6) is 0.835. The van der Waals surface area contributed by atoms with E-state index in [1.165, 1.54) is 0 Å². The minimum absolute atomic E-state index is 0.152. The summed E-state index contributed by atoms with van der Waals surface area (Å²) in [5.41, 5.74) is 0.152. The Morgan fingerprint density at radius 2 is 2.00 bits per heavy atom. The van der Waals surface area contributed by atoms with Gasteiger partial charge in [0.25, 0.3) is 0 Å². The molecule has 2 heterocycles. The second kappa shape index (κ2) is 1.74. The Labute approximate surface area is 60.7 Å². The molecule has 4 heteroatoms. The Morgan fingerprint density at radius 1 is 1.30 bits per heavy atom. The van der Waals surface area contributed by atoms with Crippen LogP contribution in [0.5, 0.6) is 0 Å². The van der Waals surface area contributed by atoms with Crippen molar-refractivity contribution in [3.63, 3.8) is 0 Å². The Hall–Kier alpha value is -0.0900. The van der Waals surface area contributed by atoms with E-state index in [4.69, 9.17) is 0 Å². The third-order valence-corrected chi connectivity index (χ3v) is 4.35. The van der Waals surface area contributed by atoms with Crippen LogP contribution in [0.2, 0.25) is 0 Å². The van der Waals surface area contributed by atoms with Crippen LogP contribution in [0, 0.1) is 5.41 Å². The van der Waals surface area contributed by atoms with Crippen LogP contribution in [-0.2, 0) is 9.84 Å². The summed E-state index contributed by atoms with van der Waals surface area (Å²) in [5, 5.41) is 3.12. The molecule has 58 valence electrons. The second-order valence-electron chi connectivity index (χ2n) is 3.45. The fraction of sp³-hybridized carbons (Fsp3) is 1.00. The summed E-state index contributed by atoms with van der Waals surface area (Å²) in [6.07, 6.45) is 0.877. The quantitative estimate of drug-likeness (QED) is 0.516. The van der Waals surface area contributed by atoms with Crippen molar-refractivity contribution in [2.24, 2.45) is 5.41 Å². The highest BCUT2D eigenvalue weighted by molar-refractivity contribution is 7.91. The van der Waals surface area contributed by atoms with Gasteiger partial charge in [-0.2, -0.15) is 0 Å². The van der Waals surface area contributed by atoms with Crippen LogP contribution in [0.15, 0.2) is 0 Å². The van der Waals surface area contributed by atoms with Gasteiger partial charge in [0.2, 0.25) is 0 Å². The van der Waals surface area contributed by atoms with Crippen molar-refractivity contribution >= 4 is 9.84 Å². The number of hydrogen-bond acceptors (Lipinski definition) is 3. The largest absolute Gasteiger partial charge is 0.315 e. The molecule has 2 fully saturated rings. The van der Waals surface area contributed by atoms with E-state index < -0.39 is 9.84 Å². The number of rotatable bonds is 0. The average molecular weight is 161 g/mol. The molecule has 1 spiro atoms. The molecule has 0 aromatic carbocycles. The van der Waals surface area contributed by atoms with E-state index >= 15 is 0 Å². The first-order chi connectivity index (χ1) is 4.62. The van der Waals surface area contributed by atoms with Crippen LogP contribution in [0.25, 0.3) is 0 Å². The van der Waals surface area contributed by atoms with Gasteiger partial charge in [-0.1, -0.05) is 0 Å². The van der Waals surface area contributed by atoms with Gasteiger partial charge in [-0.3, -0.25) is 0 Å². The molecule has 0 aliphatic carbocycles. The SMILES string of the molecule is O=S1(=O)CCC2(CNC2)C1. The smallest absolute Gasteiger partial charge is 0.150 e. The van der Waals surface area contributed by atoms with Gasteiger partial charge in [-0.25, -0.2) is 8.42 Å². The van der Waals surface area contributed by atoms with Crippen molar-refractivity contribution in [3.05, 3.63) is 0 Å². The Kier molecular flexibility index (Phi) is 1.15. The van der Waals surface area contributed by atoms with Gasteiger partial charge in [-0.05, 0) is 6.42 Å². The molecule has 0 saturated carbocycles. The maximum absolute atomic E-state index is 11.0. The molecule has 2 aliphatic rings. The highest BCUT2D eigenvalue weighted by Gasteiger charge is 2.46. The molecule has 0 bridgehead atoms. The van der Waals surface area contributed by atoms with Gasteiger partial charge < -0.3 is 5.32 Å². The predicted octanol–water partition coefficient (Wildman–Crippen LogP) is -0.606. The van der Waals surface area contributed by atoms with Gasteiger partial charge in [0.05, 0.1) is 11.5 Å². The molecule has 0 amide bonds. The van der Waals surface area contributed by atoms with E-state index in [0.717, 1.165) is 19.5 Å². The molecule has 2 aliphatic heterocycles. The van der Waals surface area contributed by atoms with Crippen LogP contribution >= 0.6 is 0 Å². The normalized spacial score (nSPS) is 34.0. The van der Waals surface area contributed by atoms with Crippen molar-refractivity contribution in [2.45, 2.75) is 6.42 Å². The lowest BCUT2D eigenvalue weighted by Gasteiger charge is -2.37. The molecule has 0 aromatic rings. The minimum Gasteiger partial charge on any atom is -0.315 e. The third kappa shape index (κ3) is 0.864. The van der Waals surface area contributed by atoms with Gasteiger partial charge in [-0.15, -0.1) is 0 Å². The zero-order chi connectivity index (χ0) is 7.24. The van der Waals surface area contributed by atoms with Crippen LogP contribution in [0.1, 0.15) is 6.42 Å². The van der Waals surface area contributed by atoms with Crippen LogP contribution in [0.4, 0.5) is 0 Å². The average Bonchev–Trinajstić information content (AvgIpc) is 2.04. The second-order valence-corrected chi connectivity index (χ2v) is 5.63. The molecule has 0 unspecified atom stereocenters. The molecule has 0 radical (unpaired) electrons. The minimum atomic E-state index is -2.65. The molecular formula is C6H11NO2S. The van der Waals surface area contributed by atoms with Gasteiger partial charge in [0, 0.05) is 18.5 Å². The fourth-order valence-electron chi connectivity index (χ4n) is 1.74. The van der Waals surface area contributed by atoms with Crippen LogP contribution in [0.3, 0.4) is 0 Å². The Morgan fingerprint density at radius 3 is 2.20 bits per heavy atom.